The van der Waals surface area contributed by atoms with E-state index in [1.807, 2.05) is 28.8 Å². The van der Waals surface area contributed by atoms with Gasteiger partial charge in [0.05, 0.1) is 16.1 Å². The molecule has 3 rings (SSSR count). The molecule has 20 heavy (non-hydrogen) atoms. The van der Waals surface area contributed by atoms with E-state index in [2.05, 4.69) is 11.9 Å². The van der Waals surface area contributed by atoms with Crippen LogP contribution >= 0.6 is 23.8 Å². The molecule has 1 aromatic heterocycles. The number of halogens is 2. The molecular formula is C15H12ClFN2S. The molecule has 0 saturated carbocycles. The van der Waals surface area contributed by atoms with Crippen LogP contribution in [0.3, 0.4) is 0 Å². The molecule has 3 aromatic rings. The Morgan fingerprint density at radius 2 is 1.95 bits per heavy atom. The van der Waals surface area contributed by atoms with Gasteiger partial charge in [-0.1, -0.05) is 30.7 Å². The Hall–Kier alpha value is -1.65. The lowest BCUT2D eigenvalue weighted by atomic mass is 10.1. The molecule has 1 N–H and O–H groups in total. The maximum Gasteiger partial charge on any atom is 0.182 e. The standard InChI is InChI=1S/C15H12ClFN2S/c1-2-9-3-5-10(6-4-9)19-14-8-12(17)11(16)7-13(14)18-15(19)20/h3-8H,2H2,1H3,(H,18,20). The fraction of sp³-hybridized carbons (Fsp3) is 0.133. The molecule has 2 nitrogen and oxygen atoms in total. The van der Waals surface area contributed by atoms with E-state index in [0.29, 0.717) is 10.3 Å². The van der Waals surface area contributed by atoms with Gasteiger partial charge in [-0.05, 0) is 42.4 Å². The summed E-state index contributed by atoms with van der Waals surface area (Å²) in [5, 5.41) is 0.0854. The second-order valence-electron chi connectivity index (χ2n) is 4.57. The summed E-state index contributed by atoms with van der Waals surface area (Å²) in [6.45, 7) is 2.10. The highest BCUT2D eigenvalue weighted by Gasteiger charge is 2.10. The number of fused-ring (bicyclic) bond motifs is 1. The van der Waals surface area contributed by atoms with Gasteiger partial charge in [-0.25, -0.2) is 4.39 Å². The van der Waals surface area contributed by atoms with Gasteiger partial charge in [0, 0.05) is 11.8 Å². The lowest BCUT2D eigenvalue weighted by Crippen LogP contribution is -1.94. The minimum Gasteiger partial charge on any atom is -0.330 e. The van der Waals surface area contributed by atoms with Crippen molar-refractivity contribution in [2.24, 2.45) is 0 Å². The van der Waals surface area contributed by atoms with Crippen LogP contribution < -0.4 is 0 Å². The van der Waals surface area contributed by atoms with Crippen molar-refractivity contribution in [1.29, 1.82) is 0 Å². The number of aryl methyl sites for hydroxylation is 1. The van der Waals surface area contributed by atoms with Gasteiger partial charge >= 0.3 is 0 Å². The third kappa shape index (κ3) is 2.15. The van der Waals surface area contributed by atoms with Crippen molar-refractivity contribution in [3.8, 4) is 5.69 Å². The summed E-state index contributed by atoms with van der Waals surface area (Å²) in [5.41, 5.74) is 3.55. The van der Waals surface area contributed by atoms with Crippen molar-refractivity contribution in [3.05, 3.63) is 57.6 Å². The van der Waals surface area contributed by atoms with E-state index in [9.17, 15) is 4.39 Å². The highest BCUT2D eigenvalue weighted by molar-refractivity contribution is 7.71. The summed E-state index contributed by atoms with van der Waals surface area (Å²) in [6.07, 6.45) is 0.976. The van der Waals surface area contributed by atoms with E-state index >= 15 is 0 Å². The summed E-state index contributed by atoms with van der Waals surface area (Å²) < 4.78 is 16.0. The Morgan fingerprint density at radius 3 is 2.60 bits per heavy atom. The Balaban J connectivity index is 2.26. The summed E-state index contributed by atoms with van der Waals surface area (Å²) in [7, 11) is 0. The normalized spacial score (nSPS) is 11.2. The quantitative estimate of drug-likeness (QED) is 0.658. The molecular weight excluding hydrogens is 295 g/mol. The Labute approximate surface area is 125 Å². The Bertz CT molecular complexity index is 833. The molecule has 0 saturated heterocycles. The molecule has 0 radical (unpaired) electrons. The molecule has 0 amide bonds. The molecule has 0 aliphatic rings. The first-order valence-corrected chi connectivity index (χ1v) is 7.08. The second-order valence-corrected chi connectivity index (χ2v) is 5.36. The maximum atomic E-state index is 13.7. The molecule has 0 spiro atoms. The number of rotatable bonds is 2. The van der Waals surface area contributed by atoms with Crippen LogP contribution in [0.1, 0.15) is 12.5 Å². The number of imidazole rings is 1. The maximum absolute atomic E-state index is 13.7. The Morgan fingerprint density at radius 1 is 1.25 bits per heavy atom. The van der Waals surface area contributed by atoms with Gasteiger partial charge in [0.1, 0.15) is 5.82 Å². The molecule has 0 atom stereocenters. The summed E-state index contributed by atoms with van der Waals surface area (Å²) in [5.74, 6) is -0.452. The van der Waals surface area contributed by atoms with E-state index in [1.165, 1.54) is 11.6 Å². The summed E-state index contributed by atoms with van der Waals surface area (Å²) in [6, 6.07) is 11.0. The number of benzene rings is 2. The van der Waals surface area contributed by atoms with Crippen LogP contribution in [0.15, 0.2) is 36.4 Å². The predicted octanol–water partition coefficient (Wildman–Crippen LogP) is 5.04. The first kappa shape index (κ1) is 13.3. The van der Waals surface area contributed by atoms with Crippen LogP contribution in [0.25, 0.3) is 16.7 Å². The average Bonchev–Trinajstić information content (AvgIpc) is 2.75. The second kappa shape index (κ2) is 5.04. The predicted molar refractivity (Wildman–Crippen MR) is 82.8 cm³/mol. The summed E-state index contributed by atoms with van der Waals surface area (Å²) >= 11 is 11.1. The lowest BCUT2D eigenvalue weighted by Gasteiger charge is -2.06. The fourth-order valence-corrected chi connectivity index (χ4v) is 2.72. The average molecular weight is 307 g/mol. The smallest absolute Gasteiger partial charge is 0.182 e. The number of aromatic nitrogens is 2. The Kier molecular flexibility index (Phi) is 3.36. The number of hydrogen-bond donors (Lipinski definition) is 1. The van der Waals surface area contributed by atoms with Crippen molar-refractivity contribution in [2.45, 2.75) is 13.3 Å². The molecule has 0 unspecified atom stereocenters. The topological polar surface area (TPSA) is 20.7 Å². The lowest BCUT2D eigenvalue weighted by molar-refractivity contribution is 0.629. The molecule has 0 aliphatic heterocycles. The number of H-pyrrole nitrogens is 1. The van der Waals surface area contributed by atoms with E-state index < -0.39 is 5.82 Å². The van der Waals surface area contributed by atoms with Crippen molar-refractivity contribution >= 4 is 34.9 Å². The third-order valence-corrected chi connectivity index (χ3v) is 3.90. The van der Waals surface area contributed by atoms with Crippen molar-refractivity contribution < 1.29 is 4.39 Å². The van der Waals surface area contributed by atoms with Gasteiger partial charge in [0.25, 0.3) is 0 Å². The summed E-state index contributed by atoms with van der Waals surface area (Å²) in [4.78, 5) is 3.05. The van der Waals surface area contributed by atoms with Crippen LogP contribution in [-0.4, -0.2) is 9.55 Å². The van der Waals surface area contributed by atoms with Crippen molar-refractivity contribution in [2.75, 3.05) is 0 Å². The monoisotopic (exact) mass is 306 g/mol. The molecule has 0 aliphatic carbocycles. The largest absolute Gasteiger partial charge is 0.330 e. The molecule has 0 fully saturated rings. The third-order valence-electron chi connectivity index (χ3n) is 3.33. The molecule has 1 heterocycles. The zero-order valence-corrected chi connectivity index (χ0v) is 12.4. The number of nitrogens with zero attached hydrogens (tertiary/aromatic N) is 1. The van der Waals surface area contributed by atoms with Gasteiger partial charge in [0.15, 0.2) is 4.77 Å². The fourth-order valence-electron chi connectivity index (χ4n) is 2.24. The number of nitrogens with one attached hydrogen (secondary N) is 1. The molecule has 0 bridgehead atoms. The zero-order chi connectivity index (χ0) is 14.3. The van der Waals surface area contributed by atoms with Gasteiger partial charge in [-0.2, -0.15) is 0 Å². The first-order valence-electron chi connectivity index (χ1n) is 6.29. The van der Waals surface area contributed by atoms with E-state index in [1.54, 1.807) is 6.07 Å². The van der Waals surface area contributed by atoms with Gasteiger partial charge < -0.3 is 4.98 Å². The van der Waals surface area contributed by atoms with Crippen LogP contribution in [0, 0.1) is 10.6 Å². The zero-order valence-electron chi connectivity index (χ0n) is 10.8. The van der Waals surface area contributed by atoms with Gasteiger partial charge in [-0.15, -0.1) is 0 Å². The van der Waals surface area contributed by atoms with E-state index in [4.69, 9.17) is 23.8 Å². The van der Waals surface area contributed by atoms with Crippen molar-refractivity contribution in [3.63, 3.8) is 0 Å². The molecule has 2 aromatic carbocycles. The minimum absolute atomic E-state index is 0.0854. The van der Waals surface area contributed by atoms with E-state index in [0.717, 1.165) is 17.6 Å². The highest BCUT2D eigenvalue weighted by atomic mass is 35.5. The van der Waals surface area contributed by atoms with Crippen LogP contribution in [0.2, 0.25) is 5.02 Å². The minimum atomic E-state index is -0.452. The van der Waals surface area contributed by atoms with Crippen LogP contribution in [0.5, 0.6) is 0 Å². The van der Waals surface area contributed by atoms with Gasteiger partial charge in [0.2, 0.25) is 0 Å². The van der Waals surface area contributed by atoms with Crippen LogP contribution in [0.4, 0.5) is 4.39 Å². The number of hydrogen-bond acceptors (Lipinski definition) is 1. The molecule has 102 valence electrons. The van der Waals surface area contributed by atoms with Crippen LogP contribution in [-0.2, 0) is 6.42 Å². The SMILES string of the molecule is CCc1ccc(-n2c(=S)[nH]c3cc(Cl)c(F)cc32)cc1. The van der Waals surface area contributed by atoms with Crippen molar-refractivity contribution in [1.82, 2.24) is 9.55 Å². The molecule has 5 heteroatoms. The van der Waals surface area contributed by atoms with E-state index in [-0.39, 0.29) is 5.02 Å². The first-order chi connectivity index (χ1) is 9.60. The van der Waals surface area contributed by atoms with Gasteiger partial charge in [-0.3, -0.25) is 4.57 Å². The number of aromatic amines is 1. The highest BCUT2D eigenvalue weighted by Crippen LogP contribution is 2.25.